The third kappa shape index (κ3) is 3.54. The number of anilines is 1. The van der Waals surface area contributed by atoms with Crippen molar-refractivity contribution < 1.29 is 9.18 Å². The predicted molar refractivity (Wildman–Crippen MR) is 91.0 cm³/mol. The first kappa shape index (κ1) is 16.4. The van der Waals surface area contributed by atoms with E-state index >= 15 is 0 Å². The van der Waals surface area contributed by atoms with Crippen molar-refractivity contribution in [2.24, 2.45) is 0 Å². The zero-order valence-corrected chi connectivity index (χ0v) is 13.7. The molecule has 1 saturated heterocycles. The quantitative estimate of drug-likeness (QED) is 0.876. The summed E-state index contributed by atoms with van der Waals surface area (Å²) in [7, 11) is 0. The van der Waals surface area contributed by atoms with Gasteiger partial charge in [0.05, 0.1) is 5.69 Å². The van der Waals surface area contributed by atoms with Crippen LogP contribution in [-0.4, -0.2) is 46.9 Å². The summed E-state index contributed by atoms with van der Waals surface area (Å²) in [6.07, 6.45) is 1.60. The summed E-state index contributed by atoms with van der Waals surface area (Å²) in [4.78, 5) is 20.6. The summed E-state index contributed by atoms with van der Waals surface area (Å²) in [6, 6.07) is 8.37. The van der Waals surface area contributed by atoms with Crippen LogP contribution < -0.4 is 5.73 Å². The Morgan fingerprint density at radius 2 is 2.00 bits per heavy atom. The first-order valence-electron chi connectivity index (χ1n) is 8.02. The molecule has 126 valence electrons. The van der Waals surface area contributed by atoms with E-state index in [1.807, 2.05) is 17.9 Å². The third-order valence-corrected chi connectivity index (χ3v) is 4.38. The first-order chi connectivity index (χ1) is 11.5. The molecular weight excluding hydrogens is 307 g/mol. The molecule has 0 saturated carbocycles. The summed E-state index contributed by atoms with van der Waals surface area (Å²) in [5, 5.41) is 0. The van der Waals surface area contributed by atoms with E-state index in [0.717, 1.165) is 5.56 Å². The Balaban J connectivity index is 1.59. The lowest BCUT2D eigenvalue weighted by atomic mass is 10.1. The zero-order valence-electron chi connectivity index (χ0n) is 13.7. The fraction of sp³-hybridized carbons (Fsp3) is 0.333. The summed E-state index contributed by atoms with van der Waals surface area (Å²) < 4.78 is 13.7. The molecule has 0 atom stereocenters. The van der Waals surface area contributed by atoms with Gasteiger partial charge in [0.2, 0.25) is 0 Å². The number of halogens is 1. The molecule has 0 bridgehead atoms. The van der Waals surface area contributed by atoms with E-state index in [-0.39, 0.29) is 11.7 Å². The summed E-state index contributed by atoms with van der Waals surface area (Å²) in [5.41, 5.74) is 8.51. The molecule has 0 aliphatic carbocycles. The molecule has 6 heteroatoms. The predicted octanol–water partition coefficient (Wildman–Crippen LogP) is 2.07. The van der Waals surface area contributed by atoms with Gasteiger partial charge < -0.3 is 10.6 Å². The molecule has 0 spiro atoms. The Morgan fingerprint density at radius 1 is 1.25 bits per heavy atom. The molecular formula is C18H21FN4O. The Labute approximate surface area is 140 Å². The van der Waals surface area contributed by atoms with Crippen molar-refractivity contribution >= 4 is 11.6 Å². The molecule has 5 nitrogen and oxygen atoms in total. The highest BCUT2D eigenvalue weighted by molar-refractivity contribution is 5.95. The van der Waals surface area contributed by atoms with Crippen molar-refractivity contribution in [2.45, 2.75) is 13.5 Å². The average Bonchev–Trinajstić information content (AvgIpc) is 2.59. The lowest BCUT2D eigenvalue weighted by Crippen LogP contribution is -2.48. The van der Waals surface area contributed by atoms with E-state index in [1.54, 1.807) is 24.4 Å². The van der Waals surface area contributed by atoms with E-state index in [9.17, 15) is 9.18 Å². The number of aromatic nitrogens is 1. The van der Waals surface area contributed by atoms with Gasteiger partial charge in [0, 0.05) is 50.2 Å². The molecule has 1 aromatic carbocycles. The molecule has 2 N–H and O–H groups in total. The van der Waals surface area contributed by atoms with Gasteiger partial charge in [0.1, 0.15) is 5.82 Å². The van der Waals surface area contributed by atoms with Crippen LogP contribution in [0, 0.1) is 12.7 Å². The van der Waals surface area contributed by atoms with Gasteiger partial charge >= 0.3 is 0 Å². The zero-order chi connectivity index (χ0) is 17.1. The lowest BCUT2D eigenvalue weighted by Gasteiger charge is -2.34. The van der Waals surface area contributed by atoms with Gasteiger partial charge in [-0.3, -0.25) is 14.7 Å². The minimum absolute atomic E-state index is 0.0155. The normalized spacial score (nSPS) is 15.5. The van der Waals surface area contributed by atoms with Crippen LogP contribution in [-0.2, 0) is 6.54 Å². The number of aryl methyl sites for hydroxylation is 1. The molecule has 1 aliphatic rings. The highest BCUT2D eigenvalue weighted by atomic mass is 19.1. The number of nitrogens with zero attached hydrogens (tertiary/aromatic N) is 3. The maximum atomic E-state index is 13.7. The molecule has 2 heterocycles. The Kier molecular flexibility index (Phi) is 4.76. The number of benzene rings is 1. The second kappa shape index (κ2) is 6.97. The van der Waals surface area contributed by atoms with Crippen molar-refractivity contribution in [2.75, 3.05) is 31.9 Å². The van der Waals surface area contributed by atoms with Crippen molar-refractivity contribution in [3.63, 3.8) is 0 Å². The van der Waals surface area contributed by atoms with Crippen LogP contribution in [0.3, 0.4) is 0 Å². The highest BCUT2D eigenvalue weighted by Crippen LogP contribution is 2.16. The van der Waals surface area contributed by atoms with E-state index in [1.165, 1.54) is 6.07 Å². The molecule has 24 heavy (non-hydrogen) atoms. The largest absolute Gasteiger partial charge is 0.399 e. The Hall–Kier alpha value is -2.47. The standard InChI is InChI=1S/C18H21FN4O/c1-13-11-14(4-5-16(13)20)18(24)23-9-7-22(8-10-23)12-17-15(19)3-2-6-21-17/h2-6,11H,7-10,12,20H2,1H3. The number of piperazine rings is 1. The lowest BCUT2D eigenvalue weighted by molar-refractivity contribution is 0.0625. The van der Waals surface area contributed by atoms with Gasteiger partial charge in [-0.05, 0) is 42.8 Å². The summed E-state index contributed by atoms with van der Waals surface area (Å²) >= 11 is 0. The number of pyridine rings is 1. The van der Waals surface area contributed by atoms with Crippen molar-refractivity contribution in [3.05, 3.63) is 59.2 Å². The molecule has 1 aliphatic heterocycles. The molecule has 1 aromatic heterocycles. The second-order valence-electron chi connectivity index (χ2n) is 6.07. The average molecular weight is 328 g/mol. The smallest absolute Gasteiger partial charge is 0.253 e. The van der Waals surface area contributed by atoms with Gasteiger partial charge in [-0.2, -0.15) is 0 Å². The van der Waals surface area contributed by atoms with Gasteiger partial charge in [-0.25, -0.2) is 4.39 Å². The van der Waals surface area contributed by atoms with Gasteiger partial charge in [-0.1, -0.05) is 0 Å². The van der Waals surface area contributed by atoms with Crippen LogP contribution in [0.25, 0.3) is 0 Å². The number of rotatable bonds is 3. The number of amides is 1. The molecule has 2 aromatic rings. The second-order valence-corrected chi connectivity index (χ2v) is 6.07. The molecule has 1 amide bonds. The SMILES string of the molecule is Cc1cc(C(=O)N2CCN(Cc3ncccc3F)CC2)ccc1N. The van der Waals surface area contributed by atoms with Crippen molar-refractivity contribution in [3.8, 4) is 0 Å². The number of hydrogen-bond donors (Lipinski definition) is 1. The van der Waals surface area contributed by atoms with Gasteiger partial charge in [0.25, 0.3) is 5.91 Å². The number of nitrogen functional groups attached to an aromatic ring is 1. The summed E-state index contributed by atoms with van der Waals surface area (Å²) in [5.74, 6) is -0.268. The van der Waals surface area contributed by atoms with E-state index in [4.69, 9.17) is 5.73 Å². The van der Waals surface area contributed by atoms with Crippen LogP contribution in [0.5, 0.6) is 0 Å². The van der Waals surface area contributed by atoms with Crippen LogP contribution in [0.1, 0.15) is 21.6 Å². The monoisotopic (exact) mass is 328 g/mol. The number of hydrogen-bond acceptors (Lipinski definition) is 4. The first-order valence-corrected chi connectivity index (χ1v) is 8.02. The molecule has 1 fully saturated rings. The number of carbonyl (C=O) groups is 1. The van der Waals surface area contributed by atoms with E-state index in [2.05, 4.69) is 9.88 Å². The summed E-state index contributed by atoms with van der Waals surface area (Å²) in [6.45, 7) is 5.01. The highest BCUT2D eigenvalue weighted by Gasteiger charge is 2.23. The van der Waals surface area contributed by atoms with Crippen LogP contribution in [0.2, 0.25) is 0 Å². The molecule has 3 rings (SSSR count). The Bertz CT molecular complexity index is 742. The minimum Gasteiger partial charge on any atom is -0.399 e. The Morgan fingerprint density at radius 3 is 2.67 bits per heavy atom. The topological polar surface area (TPSA) is 62.5 Å². The molecule has 0 radical (unpaired) electrons. The number of nitrogens with two attached hydrogens (primary N) is 1. The van der Waals surface area contributed by atoms with Crippen molar-refractivity contribution in [1.82, 2.24) is 14.8 Å². The number of carbonyl (C=O) groups excluding carboxylic acids is 1. The fourth-order valence-electron chi connectivity index (χ4n) is 2.85. The van der Waals surface area contributed by atoms with Gasteiger partial charge in [-0.15, -0.1) is 0 Å². The maximum Gasteiger partial charge on any atom is 0.253 e. The van der Waals surface area contributed by atoms with Gasteiger partial charge in [0.15, 0.2) is 0 Å². The fourth-order valence-corrected chi connectivity index (χ4v) is 2.85. The van der Waals surface area contributed by atoms with Crippen LogP contribution in [0.4, 0.5) is 10.1 Å². The van der Waals surface area contributed by atoms with Crippen LogP contribution >= 0.6 is 0 Å². The minimum atomic E-state index is -0.284. The van der Waals surface area contributed by atoms with E-state index in [0.29, 0.717) is 49.7 Å². The van der Waals surface area contributed by atoms with E-state index < -0.39 is 0 Å². The molecule has 0 unspecified atom stereocenters. The van der Waals surface area contributed by atoms with Crippen LogP contribution in [0.15, 0.2) is 36.5 Å². The van der Waals surface area contributed by atoms with Crippen molar-refractivity contribution in [1.29, 1.82) is 0 Å². The maximum absolute atomic E-state index is 13.7. The third-order valence-electron chi connectivity index (χ3n) is 4.38.